The number of amides is 1. The van der Waals surface area contributed by atoms with Gasteiger partial charge in [0.1, 0.15) is 17.3 Å². The van der Waals surface area contributed by atoms with Crippen molar-refractivity contribution in [2.24, 2.45) is 0 Å². The Balaban J connectivity index is 1.50. The predicted molar refractivity (Wildman–Crippen MR) is 107 cm³/mol. The molecule has 0 atom stereocenters. The second kappa shape index (κ2) is 9.28. The highest BCUT2D eigenvalue weighted by atomic mass is 32.2. The number of rotatable bonds is 8. The van der Waals surface area contributed by atoms with Crippen molar-refractivity contribution in [2.45, 2.75) is 43.6 Å². The van der Waals surface area contributed by atoms with Crippen LogP contribution in [-0.4, -0.2) is 44.2 Å². The highest BCUT2D eigenvalue weighted by Gasteiger charge is 2.32. The lowest BCUT2D eigenvalue weighted by atomic mass is 10.1. The topological polar surface area (TPSA) is 76.8 Å². The third kappa shape index (κ3) is 5.16. The summed E-state index contributed by atoms with van der Waals surface area (Å²) in [5, 5.41) is -0.416. The normalized spacial score (nSPS) is 15.5. The van der Waals surface area contributed by atoms with Crippen LogP contribution in [0.15, 0.2) is 47.1 Å². The average molecular weight is 406 g/mol. The summed E-state index contributed by atoms with van der Waals surface area (Å²) >= 11 is 0. The van der Waals surface area contributed by atoms with Crippen molar-refractivity contribution in [2.75, 3.05) is 19.7 Å². The Morgan fingerprint density at radius 1 is 1.18 bits per heavy atom. The van der Waals surface area contributed by atoms with Gasteiger partial charge in [-0.15, -0.1) is 0 Å². The van der Waals surface area contributed by atoms with Crippen LogP contribution >= 0.6 is 0 Å². The van der Waals surface area contributed by atoms with Crippen molar-refractivity contribution in [1.29, 1.82) is 0 Å². The molecule has 0 spiro atoms. The number of hydrogen-bond donors (Lipinski definition) is 0. The number of ether oxygens (including phenoxy) is 1. The number of carbonyl (C=O) groups is 1. The van der Waals surface area contributed by atoms with Gasteiger partial charge in [-0.3, -0.25) is 4.79 Å². The fourth-order valence-electron chi connectivity index (χ4n) is 3.58. The van der Waals surface area contributed by atoms with Crippen LogP contribution in [0.3, 0.4) is 0 Å². The molecule has 1 aliphatic rings. The van der Waals surface area contributed by atoms with Crippen LogP contribution < -0.4 is 4.74 Å². The van der Waals surface area contributed by atoms with Gasteiger partial charge in [-0.25, -0.2) is 8.42 Å². The second-order valence-corrected chi connectivity index (χ2v) is 9.29. The number of sulfone groups is 1. The van der Waals surface area contributed by atoms with Gasteiger partial charge in [0.25, 0.3) is 0 Å². The molecule has 1 aliphatic heterocycles. The van der Waals surface area contributed by atoms with Crippen LogP contribution in [0.1, 0.15) is 37.5 Å². The number of nitrogens with zero attached hydrogens (tertiary/aromatic N) is 1. The Labute approximate surface area is 166 Å². The van der Waals surface area contributed by atoms with Crippen molar-refractivity contribution in [3.8, 4) is 5.75 Å². The molecular weight excluding hydrogens is 378 g/mol. The highest BCUT2D eigenvalue weighted by Crippen LogP contribution is 2.24. The lowest BCUT2D eigenvalue weighted by molar-refractivity contribution is -0.132. The van der Waals surface area contributed by atoms with Crippen LogP contribution in [0.25, 0.3) is 0 Å². The molecule has 1 aromatic heterocycles. The molecule has 28 heavy (non-hydrogen) atoms. The number of aryl methyl sites for hydroxylation is 1. The van der Waals surface area contributed by atoms with E-state index in [0.717, 1.165) is 11.3 Å². The van der Waals surface area contributed by atoms with E-state index < -0.39 is 15.1 Å². The van der Waals surface area contributed by atoms with Crippen LogP contribution in [0.5, 0.6) is 5.75 Å². The van der Waals surface area contributed by atoms with E-state index in [9.17, 15) is 13.2 Å². The monoisotopic (exact) mass is 405 g/mol. The summed E-state index contributed by atoms with van der Waals surface area (Å²) < 4.78 is 35.9. The molecule has 0 N–H and O–H groups in total. The minimum Gasteiger partial charge on any atom is -0.494 e. The lowest BCUT2D eigenvalue weighted by Crippen LogP contribution is -2.42. The molecule has 0 radical (unpaired) electrons. The van der Waals surface area contributed by atoms with Crippen LogP contribution in [0.4, 0.5) is 0 Å². The number of hydrogen-bond acceptors (Lipinski definition) is 5. The zero-order valence-electron chi connectivity index (χ0n) is 16.2. The summed E-state index contributed by atoms with van der Waals surface area (Å²) in [7, 11) is -3.27. The maximum Gasteiger partial charge on any atom is 0.222 e. The van der Waals surface area contributed by atoms with Gasteiger partial charge < -0.3 is 14.1 Å². The first-order valence-corrected chi connectivity index (χ1v) is 11.4. The Morgan fingerprint density at radius 3 is 2.61 bits per heavy atom. The summed E-state index contributed by atoms with van der Waals surface area (Å²) in [6.45, 7) is 3.49. The highest BCUT2D eigenvalue weighted by molar-refractivity contribution is 7.91. The first kappa shape index (κ1) is 20.5. The van der Waals surface area contributed by atoms with E-state index in [4.69, 9.17) is 9.15 Å². The van der Waals surface area contributed by atoms with E-state index in [1.54, 1.807) is 17.0 Å². The maximum atomic E-state index is 12.6. The standard InChI is InChI=1S/C21H27NO5S/c1-2-26-20-8-4-3-6-17(20)9-10-21(23)22-13-11-19(12-14-22)28(24,25)16-18-7-5-15-27-18/h3-8,15,19H,2,9-14,16H2,1H3. The van der Waals surface area contributed by atoms with Crippen LogP contribution in [0.2, 0.25) is 0 Å². The Bertz CT molecular complexity index is 868. The summed E-state index contributed by atoms with van der Waals surface area (Å²) in [5.41, 5.74) is 1.02. The summed E-state index contributed by atoms with van der Waals surface area (Å²) in [6, 6.07) is 11.1. The molecule has 0 saturated carbocycles. The quantitative estimate of drug-likeness (QED) is 0.674. The van der Waals surface area contributed by atoms with Crippen molar-refractivity contribution < 1.29 is 22.4 Å². The lowest BCUT2D eigenvalue weighted by Gasteiger charge is -2.31. The molecule has 6 nitrogen and oxygen atoms in total. The van der Waals surface area contributed by atoms with Crippen molar-refractivity contribution in [3.05, 3.63) is 54.0 Å². The molecule has 1 fully saturated rings. The van der Waals surface area contributed by atoms with Gasteiger partial charge in [0.2, 0.25) is 5.91 Å². The first-order chi connectivity index (χ1) is 13.5. The summed E-state index contributed by atoms with van der Waals surface area (Å²) in [4.78, 5) is 14.4. The largest absolute Gasteiger partial charge is 0.494 e. The maximum absolute atomic E-state index is 12.6. The third-order valence-electron chi connectivity index (χ3n) is 5.11. The van der Waals surface area contributed by atoms with Gasteiger partial charge in [-0.2, -0.15) is 0 Å². The van der Waals surface area contributed by atoms with Crippen LogP contribution in [0, 0.1) is 0 Å². The number of para-hydroxylation sites is 1. The van der Waals surface area contributed by atoms with E-state index in [0.29, 0.717) is 51.1 Å². The molecule has 0 bridgehead atoms. The molecule has 1 saturated heterocycles. The molecule has 2 heterocycles. The summed E-state index contributed by atoms with van der Waals surface area (Å²) in [5.74, 6) is 1.27. The first-order valence-electron chi connectivity index (χ1n) is 9.72. The van der Waals surface area contributed by atoms with Gasteiger partial charge in [0.15, 0.2) is 9.84 Å². The smallest absolute Gasteiger partial charge is 0.222 e. The zero-order chi connectivity index (χ0) is 20.0. The fourth-order valence-corrected chi connectivity index (χ4v) is 5.31. The Morgan fingerprint density at radius 2 is 1.93 bits per heavy atom. The van der Waals surface area contributed by atoms with Crippen molar-refractivity contribution in [3.63, 3.8) is 0 Å². The average Bonchev–Trinajstić information content (AvgIpc) is 3.20. The van der Waals surface area contributed by atoms with Gasteiger partial charge in [0.05, 0.1) is 18.1 Å². The van der Waals surface area contributed by atoms with E-state index >= 15 is 0 Å². The fraction of sp³-hybridized carbons (Fsp3) is 0.476. The Hall–Kier alpha value is -2.28. The third-order valence-corrected chi connectivity index (χ3v) is 7.28. The molecule has 1 amide bonds. The molecule has 1 aromatic carbocycles. The molecule has 0 aliphatic carbocycles. The zero-order valence-corrected chi connectivity index (χ0v) is 17.0. The van der Waals surface area contributed by atoms with Gasteiger partial charge in [-0.05, 0) is 49.9 Å². The Kier molecular flexibility index (Phi) is 6.78. The van der Waals surface area contributed by atoms with E-state index in [-0.39, 0.29) is 11.7 Å². The minimum absolute atomic E-state index is 0.0631. The SMILES string of the molecule is CCOc1ccccc1CCC(=O)N1CCC(S(=O)(=O)Cc2ccco2)CC1. The summed E-state index contributed by atoms with van der Waals surface area (Å²) in [6.07, 6.45) is 3.45. The second-order valence-electron chi connectivity index (χ2n) is 7.01. The molecule has 7 heteroatoms. The number of benzene rings is 1. The van der Waals surface area contributed by atoms with Crippen molar-refractivity contribution >= 4 is 15.7 Å². The molecule has 0 unspecified atom stereocenters. The molecule has 2 aromatic rings. The minimum atomic E-state index is -3.27. The van der Waals surface area contributed by atoms with E-state index in [2.05, 4.69) is 0 Å². The molecular formula is C21H27NO5S. The van der Waals surface area contributed by atoms with Gasteiger partial charge in [-0.1, -0.05) is 18.2 Å². The van der Waals surface area contributed by atoms with Gasteiger partial charge in [0, 0.05) is 19.5 Å². The predicted octanol–water partition coefficient (Wildman–Crippen LogP) is 3.22. The molecule has 3 rings (SSSR count). The number of furan rings is 1. The van der Waals surface area contributed by atoms with Crippen molar-refractivity contribution in [1.82, 2.24) is 4.90 Å². The number of carbonyl (C=O) groups excluding carboxylic acids is 1. The number of piperidine rings is 1. The molecule has 152 valence electrons. The van der Waals surface area contributed by atoms with Gasteiger partial charge >= 0.3 is 0 Å². The number of likely N-dealkylation sites (tertiary alicyclic amines) is 1. The van der Waals surface area contributed by atoms with E-state index in [1.807, 2.05) is 31.2 Å². The van der Waals surface area contributed by atoms with Crippen LogP contribution in [-0.2, 0) is 26.8 Å². The van der Waals surface area contributed by atoms with E-state index in [1.165, 1.54) is 6.26 Å².